The van der Waals surface area contributed by atoms with Crippen molar-refractivity contribution < 1.29 is 29.0 Å². The van der Waals surface area contributed by atoms with E-state index < -0.39 is 47.2 Å². The number of carbonyl (C=O) groups excluding carboxylic acids is 2. The number of aliphatic carboxylic acids is 1. The van der Waals surface area contributed by atoms with Gasteiger partial charge in [0.2, 0.25) is 5.78 Å². The van der Waals surface area contributed by atoms with Crippen molar-refractivity contribution in [2.24, 2.45) is 0 Å². The molecule has 7 nitrogen and oxygen atoms in total. The number of benzene rings is 3. The molecular formula is C29H19Cl2FN2O5. The summed E-state index contributed by atoms with van der Waals surface area (Å²) in [5.74, 6) is -3.77. The topological polar surface area (TPSA) is 108 Å². The van der Waals surface area contributed by atoms with Gasteiger partial charge < -0.3 is 10.2 Å². The van der Waals surface area contributed by atoms with E-state index >= 15 is 4.39 Å². The number of rotatable bonds is 7. The average molecular weight is 565 g/mol. The first-order valence-electron chi connectivity index (χ1n) is 11.7. The zero-order valence-electron chi connectivity index (χ0n) is 20.0. The first kappa shape index (κ1) is 26.5. The van der Waals surface area contributed by atoms with Gasteiger partial charge in [-0.3, -0.25) is 24.3 Å². The average Bonchev–Trinajstić information content (AvgIpc) is 3.15. The van der Waals surface area contributed by atoms with Gasteiger partial charge in [0.05, 0.1) is 23.6 Å². The minimum absolute atomic E-state index is 0.0389. The van der Waals surface area contributed by atoms with Gasteiger partial charge in [0.15, 0.2) is 5.72 Å². The van der Waals surface area contributed by atoms with Crippen LogP contribution in [0.3, 0.4) is 0 Å². The van der Waals surface area contributed by atoms with Crippen LogP contribution in [0.5, 0.6) is 0 Å². The third-order valence-electron chi connectivity index (χ3n) is 6.58. The molecular weight excluding hydrogens is 546 g/mol. The maximum atomic E-state index is 15.9. The number of fused-ring (bicyclic) bond motifs is 1. The van der Waals surface area contributed by atoms with E-state index in [1.54, 1.807) is 12.1 Å². The van der Waals surface area contributed by atoms with E-state index in [2.05, 4.69) is 4.98 Å². The maximum Gasteiger partial charge on any atom is 0.305 e. The minimum Gasteiger partial charge on any atom is -0.481 e. The predicted molar refractivity (Wildman–Crippen MR) is 141 cm³/mol. The molecule has 196 valence electrons. The molecule has 0 saturated heterocycles. The lowest BCUT2D eigenvalue weighted by Crippen LogP contribution is -2.47. The Morgan fingerprint density at radius 2 is 1.62 bits per heavy atom. The van der Waals surface area contributed by atoms with Gasteiger partial charge in [-0.15, -0.1) is 0 Å². The maximum absolute atomic E-state index is 15.9. The summed E-state index contributed by atoms with van der Waals surface area (Å²) >= 11 is 12.1. The van der Waals surface area contributed by atoms with Crippen molar-refractivity contribution in [2.75, 3.05) is 0 Å². The van der Waals surface area contributed by atoms with E-state index in [4.69, 9.17) is 23.2 Å². The number of aliphatic hydroxyl groups is 1. The summed E-state index contributed by atoms with van der Waals surface area (Å²) in [7, 11) is 0. The molecule has 0 saturated carbocycles. The van der Waals surface area contributed by atoms with Gasteiger partial charge in [-0.25, -0.2) is 4.39 Å². The van der Waals surface area contributed by atoms with Gasteiger partial charge in [-0.2, -0.15) is 0 Å². The Morgan fingerprint density at radius 1 is 0.974 bits per heavy atom. The Hall–Kier alpha value is -4.11. The highest BCUT2D eigenvalue weighted by Gasteiger charge is 2.55. The van der Waals surface area contributed by atoms with Crippen LogP contribution in [-0.2, 0) is 10.5 Å². The van der Waals surface area contributed by atoms with E-state index in [0.29, 0.717) is 15.6 Å². The molecule has 5 rings (SSSR count). The van der Waals surface area contributed by atoms with Gasteiger partial charge in [-0.1, -0.05) is 53.5 Å². The SMILES string of the molecule is O=C(O)CC(c1ccc(Cl)cc1)N1C(=O)c2cc(C(=O)c3ccccn3)cc(F)c2C1(O)c1ccc(Cl)cc1. The fourth-order valence-electron chi connectivity index (χ4n) is 4.84. The Kier molecular flexibility index (Phi) is 6.94. The highest BCUT2D eigenvalue weighted by Crippen LogP contribution is 2.49. The molecule has 1 aliphatic rings. The molecule has 2 atom stereocenters. The van der Waals surface area contributed by atoms with Crippen molar-refractivity contribution in [1.82, 2.24) is 9.88 Å². The van der Waals surface area contributed by atoms with E-state index in [0.717, 1.165) is 11.0 Å². The Balaban J connectivity index is 1.74. The van der Waals surface area contributed by atoms with Crippen molar-refractivity contribution in [2.45, 2.75) is 18.2 Å². The molecule has 3 aromatic carbocycles. The molecule has 0 aliphatic carbocycles. The van der Waals surface area contributed by atoms with Crippen LogP contribution in [0.2, 0.25) is 10.0 Å². The summed E-state index contributed by atoms with van der Waals surface area (Å²) in [5.41, 5.74) is -2.82. The molecule has 0 fully saturated rings. The van der Waals surface area contributed by atoms with Gasteiger partial charge in [0, 0.05) is 27.4 Å². The highest BCUT2D eigenvalue weighted by molar-refractivity contribution is 6.30. The Labute approximate surface area is 232 Å². The van der Waals surface area contributed by atoms with Crippen LogP contribution >= 0.6 is 23.2 Å². The van der Waals surface area contributed by atoms with Crippen LogP contribution in [0, 0.1) is 5.82 Å². The summed E-state index contributed by atoms with van der Waals surface area (Å²) in [5, 5.41) is 22.7. The largest absolute Gasteiger partial charge is 0.481 e. The lowest BCUT2D eigenvalue weighted by Gasteiger charge is -2.40. The third kappa shape index (κ3) is 4.67. The van der Waals surface area contributed by atoms with Crippen molar-refractivity contribution in [1.29, 1.82) is 0 Å². The fraction of sp³-hybridized carbons (Fsp3) is 0.103. The van der Waals surface area contributed by atoms with Gasteiger partial charge >= 0.3 is 5.97 Å². The van der Waals surface area contributed by atoms with Crippen LogP contribution < -0.4 is 0 Å². The molecule has 10 heteroatoms. The fourth-order valence-corrected chi connectivity index (χ4v) is 5.10. The number of carbonyl (C=O) groups is 3. The van der Waals surface area contributed by atoms with Crippen molar-refractivity contribution in [3.63, 3.8) is 0 Å². The minimum atomic E-state index is -2.44. The summed E-state index contributed by atoms with van der Waals surface area (Å²) in [4.78, 5) is 44.0. The summed E-state index contributed by atoms with van der Waals surface area (Å²) in [6.07, 6.45) is 0.796. The van der Waals surface area contributed by atoms with Crippen LogP contribution in [0.25, 0.3) is 0 Å². The number of hydrogen-bond acceptors (Lipinski definition) is 5. The number of ketones is 1. The van der Waals surface area contributed by atoms with Gasteiger partial charge in [-0.05, 0) is 54.1 Å². The normalized spacial score (nSPS) is 17.1. The van der Waals surface area contributed by atoms with Crippen LogP contribution in [0.4, 0.5) is 4.39 Å². The lowest BCUT2D eigenvalue weighted by atomic mass is 9.90. The van der Waals surface area contributed by atoms with E-state index in [1.165, 1.54) is 66.9 Å². The molecule has 4 aromatic rings. The Morgan fingerprint density at radius 3 is 2.21 bits per heavy atom. The summed E-state index contributed by atoms with van der Waals surface area (Å²) < 4.78 is 15.9. The second kappa shape index (κ2) is 10.2. The molecule has 39 heavy (non-hydrogen) atoms. The molecule has 0 bridgehead atoms. The first-order valence-corrected chi connectivity index (χ1v) is 12.5. The molecule has 0 radical (unpaired) electrons. The molecule has 0 spiro atoms. The number of halogens is 3. The smallest absolute Gasteiger partial charge is 0.305 e. The highest BCUT2D eigenvalue weighted by atomic mass is 35.5. The second-order valence-electron chi connectivity index (χ2n) is 8.94. The molecule has 2 unspecified atom stereocenters. The van der Waals surface area contributed by atoms with Crippen molar-refractivity contribution >= 4 is 40.9 Å². The van der Waals surface area contributed by atoms with Crippen LogP contribution in [0.1, 0.15) is 55.6 Å². The summed E-state index contributed by atoms with van der Waals surface area (Å²) in [6, 6.07) is 17.4. The van der Waals surface area contributed by atoms with E-state index in [-0.39, 0.29) is 22.4 Å². The molecule has 1 aromatic heterocycles. The molecule has 1 aliphatic heterocycles. The molecule has 1 amide bonds. The zero-order valence-corrected chi connectivity index (χ0v) is 21.5. The number of hydrogen-bond donors (Lipinski definition) is 2. The number of nitrogens with zero attached hydrogens (tertiary/aromatic N) is 2. The number of carboxylic acids is 1. The number of pyridine rings is 1. The lowest BCUT2D eigenvalue weighted by molar-refractivity contribution is -0.140. The van der Waals surface area contributed by atoms with E-state index in [1.807, 2.05) is 0 Å². The molecule has 2 heterocycles. The third-order valence-corrected chi connectivity index (χ3v) is 7.08. The number of aromatic nitrogens is 1. The van der Waals surface area contributed by atoms with Crippen molar-refractivity contribution in [3.8, 4) is 0 Å². The van der Waals surface area contributed by atoms with Gasteiger partial charge in [0.1, 0.15) is 11.5 Å². The number of carboxylic acid groups (broad SMARTS) is 1. The quantitative estimate of drug-likeness (QED) is 0.282. The van der Waals surface area contributed by atoms with Crippen LogP contribution in [0.15, 0.2) is 85.1 Å². The van der Waals surface area contributed by atoms with E-state index in [9.17, 15) is 24.6 Å². The van der Waals surface area contributed by atoms with Crippen LogP contribution in [-0.4, -0.2) is 37.8 Å². The standard InChI is InChI=1S/C29H19Cl2FN2O5/c30-19-8-4-16(5-9-19)24(15-25(35)36)34-28(38)21-13-17(27(37)23-3-1-2-12-33-23)14-22(32)26(21)29(34,39)18-6-10-20(31)11-7-18/h1-14,24,39H,15H2,(H,35,36). The molecule has 2 N–H and O–H groups in total. The summed E-state index contributed by atoms with van der Waals surface area (Å²) in [6.45, 7) is 0. The number of amides is 1. The second-order valence-corrected chi connectivity index (χ2v) is 9.82. The zero-order chi connectivity index (χ0) is 27.9. The van der Waals surface area contributed by atoms with Gasteiger partial charge in [0.25, 0.3) is 5.91 Å². The monoisotopic (exact) mass is 564 g/mol. The van der Waals surface area contributed by atoms with Crippen molar-refractivity contribution in [3.05, 3.63) is 134 Å². The first-order chi connectivity index (χ1) is 18.6. The predicted octanol–water partition coefficient (Wildman–Crippen LogP) is 5.62. The Bertz CT molecular complexity index is 1600.